The second-order valence-electron chi connectivity index (χ2n) is 5.63. The van der Waals surface area contributed by atoms with Gasteiger partial charge in [-0.1, -0.05) is 18.2 Å². The maximum absolute atomic E-state index is 12.5. The van der Waals surface area contributed by atoms with Crippen molar-refractivity contribution in [3.63, 3.8) is 0 Å². The highest BCUT2D eigenvalue weighted by molar-refractivity contribution is 7.89. The summed E-state index contributed by atoms with van der Waals surface area (Å²) in [6, 6.07) is 6.48. The highest BCUT2D eigenvalue weighted by Gasteiger charge is 2.51. The molecule has 1 saturated carbocycles. The van der Waals surface area contributed by atoms with Crippen molar-refractivity contribution in [2.45, 2.75) is 42.8 Å². The summed E-state index contributed by atoms with van der Waals surface area (Å²) in [6.45, 7) is 2.48. The summed E-state index contributed by atoms with van der Waals surface area (Å²) in [5, 5.41) is 0. The molecule has 0 spiro atoms. The van der Waals surface area contributed by atoms with Gasteiger partial charge in [0.05, 0.1) is 17.0 Å². The average molecular weight is 296 g/mol. The van der Waals surface area contributed by atoms with E-state index in [9.17, 15) is 8.42 Å². The minimum atomic E-state index is -3.54. The van der Waals surface area contributed by atoms with Gasteiger partial charge in [0.1, 0.15) is 0 Å². The van der Waals surface area contributed by atoms with E-state index in [1.165, 1.54) is 0 Å². The number of hydrogen-bond acceptors (Lipinski definition) is 4. The fourth-order valence-electron chi connectivity index (χ4n) is 3.19. The Balaban J connectivity index is 1.79. The van der Waals surface area contributed by atoms with Crippen molar-refractivity contribution >= 4 is 10.0 Å². The third-order valence-electron chi connectivity index (χ3n) is 4.35. The summed E-state index contributed by atoms with van der Waals surface area (Å²) in [7, 11) is -3.54. The molecule has 1 saturated heterocycles. The quantitative estimate of drug-likeness (QED) is 0.863. The van der Waals surface area contributed by atoms with Gasteiger partial charge in [-0.25, -0.2) is 13.1 Å². The van der Waals surface area contributed by atoms with E-state index in [1.54, 1.807) is 25.1 Å². The van der Waals surface area contributed by atoms with E-state index in [0.29, 0.717) is 11.5 Å². The molecule has 1 aromatic rings. The van der Waals surface area contributed by atoms with Crippen LogP contribution in [0, 0.1) is 12.8 Å². The van der Waals surface area contributed by atoms with Crippen molar-refractivity contribution in [2.75, 3.05) is 6.61 Å². The van der Waals surface area contributed by atoms with Crippen LogP contribution in [0.2, 0.25) is 0 Å². The van der Waals surface area contributed by atoms with E-state index in [2.05, 4.69) is 4.72 Å². The van der Waals surface area contributed by atoms with E-state index >= 15 is 0 Å². The number of sulfonamides is 1. The predicted molar refractivity (Wildman–Crippen MR) is 75.7 cm³/mol. The van der Waals surface area contributed by atoms with Gasteiger partial charge in [0.2, 0.25) is 10.0 Å². The molecule has 1 aliphatic heterocycles. The third kappa shape index (κ3) is 2.26. The number of benzene rings is 1. The lowest BCUT2D eigenvalue weighted by Crippen LogP contribution is -2.71. The van der Waals surface area contributed by atoms with Crippen LogP contribution < -0.4 is 10.5 Å². The molecule has 0 radical (unpaired) electrons. The fourth-order valence-corrected chi connectivity index (χ4v) is 4.72. The summed E-state index contributed by atoms with van der Waals surface area (Å²) < 4.78 is 33.3. The second kappa shape index (κ2) is 5.11. The molecule has 2 fully saturated rings. The van der Waals surface area contributed by atoms with Crippen molar-refractivity contribution in [2.24, 2.45) is 11.7 Å². The first-order chi connectivity index (χ1) is 9.50. The SMILES string of the molecule is Cc1ccccc1S(=O)(=O)NC1C(N)C2CCCOC21. The number of nitrogens with two attached hydrogens (primary N) is 1. The highest BCUT2D eigenvalue weighted by atomic mass is 32.2. The Bertz CT molecular complexity index is 602. The zero-order valence-corrected chi connectivity index (χ0v) is 12.3. The van der Waals surface area contributed by atoms with E-state index in [0.717, 1.165) is 18.4 Å². The Hall–Kier alpha value is -0.950. The molecule has 2 aliphatic rings. The van der Waals surface area contributed by atoms with Crippen molar-refractivity contribution in [1.29, 1.82) is 0 Å². The molecule has 5 nitrogen and oxygen atoms in total. The van der Waals surface area contributed by atoms with Crippen LogP contribution >= 0.6 is 0 Å². The first-order valence-electron chi connectivity index (χ1n) is 6.96. The predicted octanol–water partition coefficient (Wildman–Crippen LogP) is 0.778. The van der Waals surface area contributed by atoms with Crippen molar-refractivity contribution < 1.29 is 13.2 Å². The lowest BCUT2D eigenvalue weighted by atomic mass is 9.69. The minimum Gasteiger partial charge on any atom is -0.376 e. The fraction of sp³-hybridized carbons (Fsp3) is 0.571. The van der Waals surface area contributed by atoms with Gasteiger partial charge >= 0.3 is 0 Å². The van der Waals surface area contributed by atoms with Gasteiger partial charge < -0.3 is 10.5 Å². The number of nitrogens with one attached hydrogen (secondary N) is 1. The van der Waals surface area contributed by atoms with E-state index < -0.39 is 10.0 Å². The standard InChI is InChI=1S/C14H20N2O3S/c1-9-5-2-3-7-11(9)20(17,18)16-13-12(15)10-6-4-8-19-14(10)13/h2-3,5,7,10,12-14,16H,4,6,8,15H2,1H3. The summed E-state index contributed by atoms with van der Waals surface area (Å²) in [5.41, 5.74) is 6.82. The number of fused-ring (bicyclic) bond motifs is 1. The van der Waals surface area contributed by atoms with Crippen molar-refractivity contribution in [3.05, 3.63) is 29.8 Å². The van der Waals surface area contributed by atoms with E-state index in [-0.39, 0.29) is 24.1 Å². The molecule has 1 heterocycles. The third-order valence-corrected chi connectivity index (χ3v) is 5.97. The Kier molecular flexibility index (Phi) is 3.58. The zero-order valence-electron chi connectivity index (χ0n) is 11.5. The van der Waals surface area contributed by atoms with Crippen LogP contribution in [-0.4, -0.2) is 33.2 Å². The molecule has 3 N–H and O–H groups in total. The van der Waals surface area contributed by atoms with Crippen LogP contribution in [0.1, 0.15) is 18.4 Å². The van der Waals surface area contributed by atoms with Gasteiger partial charge in [-0.2, -0.15) is 0 Å². The number of hydrogen-bond donors (Lipinski definition) is 2. The molecular weight excluding hydrogens is 276 g/mol. The zero-order chi connectivity index (χ0) is 14.3. The number of ether oxygens (including phenoxy) is 1. The average Bonchev–Trinajstić information content (AvgIpc) is 2.45. The molecule has 110 valence electrons. The second-order valence-corrected chi connectivity index (χ2v) is 7.31. The molecular formula is C14H20N2O3S. The Morgan fingerprint density at radius 3 is 2.85 bits per heavy atom. The molecule has 0 aromatic heterocycles. The first kappa shape index (κ1) is 14.0. The van der Waals surface area contributed by atoms with Gasteiger partial charge in [0.15, 0.2) is 0 Å². The van der Waals surface area contributed by atoms with Crippen LogP contribution in [-0.2, 0) is 14.8 Å². The molecule has 6 heteroatoms. The topological polar surface area (TPSA) is 81.4 Å². The van der Waals surface area contributed by atoms with Crippen LogP contribution in [0.4, 0.5) is 0 Å². The number of rotatable bonds is 3. The molecule has 0 amide bonds. The van der Waals surface area contributed by atoms with Crippen LogP contribution in [0.15, 0.2) is 29.2 Å². The molecule has 1 aromatic carbocycles. The van der Waals surface area contributed by atoms with Crippen LogP contribution in [0.3, 0.4) is 0 Å². The van der Waals surface area contributed by atoms with E-state index in [1.807, 2.05) is 6.07 Å². The normalized spacial score (nSPS) is 33.3. The Labute approximate surface area is 119 Å². The lowest BCUT2D eigenvalue weighted by molar-refractivity contribution is -0.114. The Morgan fingerprint density at radius 2 is 2.10 bits per heavy atom. The number of aryl methyl sites for hydroxylation is 1. The van der Waals surface area contributed by atoms with Crippen LogP contribution in [0.5, 0.6) is 0 Å². The van der Waals surface area contributed by atoms with Crippen LogP contribution in [0.25, 0.3) is 0 Å². The van der Waals surface area contributed by atoms with Crippen molar-refractivity contribution in [3.8, 4) is 0 Å². The summed E-state index contributed by atoms with van der Waals surface area (Å²) in [5.74, 6) is 0.285. The Morgan fingerprint density at radius 1 is 1.35 bits per heavy atom. The highest BCUT2D eigenvalue weighted by Crippen LogP contribution is 2.37. The minimum absolute atomic E-state index is 0.0717. The van der Waals surface area contributed by atoms with Gasteiger partial charge in [-0.3, -0.25) is 0 Å². The van der Waals surface area contributed by atoms with Gasteiger partial charge in [0, 0.05) is 18.6 Å². The maximum Gasteiger partial charge on any atom is 0.241 e. The monoisotopic (exact) mass is 296 g/mol. The summed E-state index contributed by atoms with van der Waals surface area (Å²) in [6.07, 6.45) is 1.96. The van der Waals surface area contributed by atoms with E-state index in [4.69, 9.17) is 10.5 Å². The molecule has 0 bridgehead atoms. The summed E-state index contributed by atoms with van der Waals surface area (Å²) >= 11 is 0. The van der Waals surface area contributed by atoms with Crippen molar-refractivity contribution in [1.82, 2.24) is 4.72 Å². The lowest BCUT2D eigenvalue weighted by Gasteiger charge is -2.52. The molecule has 4 atom stereocenters. The smallest absolute Gasteiger partial charge is 0.241 e. The largest absolute Gasteiger partial charge is 0.376 e. The molecule has 20 heavy (non-hydrogen) atoms. The first-order valence-corrected chi connectivity index (χ1v) is 8.44. The summed E-state index contributed by atoms with van der Waals surface area (Å²) in [4.78, 5) is 0.312. The molecule has 1 aliphatic carbocycles. The van der Waals surface area contributed by atoms with Gasteiger partial charge in [0.25, 0.3) is 0 Å². The van der Waals surface area contributed by atoms with Gasteiger partial charge in [-0.05, 0) is 31.4 Å². The molecule has 4 unspecified atom stereocenters. The van der Waals surface area contributed by atoms with Gasteiger partial charge in [-0.15, -0.1) is 0 Å². The molecule has 3 rings (SSSR count). The maximum atomic E-state index is 12.5.